The first-order valence-corrected chi connectivity index (χ1v) is 9.05. The lowest BCUT2D eigenvalue weighted by molar-refractivity contribution is 0.219. The first-order chi connectivity index (χ1) is 9.32. The maximum atomic E-state index is 13.4. The van der Waals surface area contributed by atoms with Gasteiger partial charge in [-0.25, -0.2) is 17.5 Å². The smallest absolute Gasteiger partial charge is 0.211 e. The molecule has 1 saturated carbocycles. The van der Waals surface area contributed by atoms with E-state index in [4.69, 9.17) is 0 Å². The lowest BCUT2D eigenvalue weighted by Gasteiger charge is -2.33. The van der Waals surface area contributed by atoms with Crippen LogP contribution in [0.1, 0.15) is 39.0 Å². The summed E-state index contributed by atoms with van der Waals surface area (Å²) in [5.41, 5.74) is 0.0131. The lowest BCUT2D eigenvalue weighted by Crippen LogP contribution is -2.37. The molecule has 1 N–H and O–H groups in total. The Morgan fingerprint density at radius 2 is 1.95 bits per heavy atom. The predicted molar refractivity (Wildman–Crippen MR) is 80.5 cm³/mol. The van der Waals surface area contributed by atoms with Crippen molar-refractivity contribution in [2.45, 2.75) is 43.9 Å². The summed E-state index contributed by atoms with van der Waals surface area (Å²) >= 11 is 3.02. The Hall–Kier alpha value is -0.460. The van der Waals surface area contributed by atoms with Crippen molar-refractivity contribution in [1.29, 1.82) is 0 Å². The van der Waals surface area contributed by atoms with Gasteiger partial charge in [0.05, 0.1) is 9.37 Å². The first kappa shape index (κ1) is 15.9. The summed E-state index contributed by atoms with van der Waals surface area (Å²) in [5.74, 6) is -0.572. The Kier molecular flexibility index (Phi) is 4.87. The predicted octanol–water partition coefficient (Wildman–Crippen LogP) is 3.84. The highest BCUT2D eigenvalue weighted by Gasteiger charge is 2.28. The van der Waals surface area contributed by atoms with E-state index in [2.05, 4.69) is 27.6 Å². The molecule has 1 aromatic carbocycles. The molecular formula is C14H19BrFNO2S. The normalized spacial score (nSPS) is 18.9. The Morgan fingerprint density at radius 3 is 2.55 bits per heavy atom. The van der Waals surface area contributed by atoms with Crippen molar-refractivity contribution in [3.8, 4) is 0 Å². The molecule has 0 saturated heterocycles. The van der Waals surface area contributed by atoms with Gasteiger partial charge in [-0.05, 0) is 52.4 Å². The van der Waals surface area contributed by atoms with Crippen LogP contribution in [0.25, 0.3) is 0 Å². The van der Waals surface area contributed by atoms with Gasteiger partial charge in [0.1, 0.15) is 5.82 Å². The SMILES string of the molecule is CC1(CNS(=O)(=O)c2ccc(Br)c(F)c2)CCCCC1. The molecule has 6 heteroatoms. The quantitative estimate of drug-likeness (QED) is 0.883. The molecule has 0 radical (unpaired) electrons. The highest BCUT2D eigenvalue weighted by Crippen LogP contribution is 2.35. The van der Waals surface area contributed by atoms with Gasteiger partial charge < -0.3 is 0 Å². The third kappa shape index (κ3) is 3.80. The highest BCUT2D eigenvalue weighted by molar-refractivity contribution is 9.10. The van der Waals surface area contributed by atoms with Crippen molar-refractivity contribution in [2.24, 2.45) is 5.41 Å². The lowest BCUT2D eigenvalue weighted by atomic mass is 9.76. The van der Waals surface area contributed by atoms with E-state index in [-0.39, 0.29) is 14.8 Å². The van der Waals surface area contributed by atoms with E-state index in [0.29, 0.717) is 6.54 Å². The molecule has 1 aromatic rings. The third-order valence-corrected chi connectivity index (χ3v) is 5.99. The van der Waals surface area contributed by atoms with E-state index in [1.165, 1.54) is 18.6 Å². The molecule has 0 atom stereocenters. The maximum Gasteiger partial charge on any atom is 0.240 e. The second-order valence-electron chi connectivity index (χ2n) is 5.77. The van der Waals surface area contributed by atoms with Crippen LogP contribution in [0.5, 0.6) is 0 Å². The summed E-state index contributed by atoms with van der Waals surface area (Å²) in [6, 6.07) is 3.85. The Bertz CT molecular complexity index is 583. The fourth-order valence-corrected chi connectivity index (χ4v) is 4.04. The zero-order valence-corrected chi connectivity index (χ0v) is 13.9. The van der Waals surface area contributed by atoms with E-state index < -0.39 is 15.8 Å². The zero-order chi connectivity index (χ0) is 14.8. The molecule has 1 aliphatic carbocycles. The molecule has 1 fully saturated rings. The van der Waals surface area contributed by atoms with Crippen molar-refractivity contribution in [2.75, 3.05) is 6.54 Å². The number of hydrogen-bond acceptors (Lipinski definition) is 2. The minimum Gasteiger partial charge on any atom is -0.211 e. The van der Waals surface area contributed by atoms with E-state index in [1.54, 1.807) is 0 Å². The highest BCUT2D eigenvalue weighted by atomic mass is 79.9. The van der Waals surface area contributed by atoms with Gasteiger partial charge in [-0.2, -0.15) is 0 Å². The Morgan fingerprint density at radius 1 is 1.30 bits per heavy atom. The second kappa shape index (κ2) is 6.12. The van der Waals surface area contributed by atoms with E-state index >= 15 is 0 Å². The first-order valence-electron chi connectivity index (χ1n) is 6.77. The molecule has 0 bridgehead atoms. The van der Waals surface area contributed by atoms with Gasteiger partial charge in [0.2, 0.25) is 10.0 Å². The van der Waals surface area contributed by atoms with Crippen molar-refractivity contribution in [3.63, 3.8) is 0 Å². The van der Waals surface area contributed by atoms with Crippen LogP contribution in [0.3, 0.4) is 0 Å². The molecule has 0 unspecified atom stereocenters. The summed E-state index contributed by atoms with van der Waals surface area (Å²) in [4.78, 5) is -0.0300. The largest absolute Gasteiger partial charge is 0.240 e. The number of halogens is 2. The molecule has 3 nitrogen and oxygen atoms in total. The van der Waals surface area contributed by atoms with Crippen LogP contribution in [-0.2, 0) is 10.0 Å². The van der Waals surface area contributed by atoms with Crippen LogP contribution in [0.15, 0.2) is 27.6 Å². The number of rotatable bonds is 4. The average molecular weight is 364 g/mol. The van der Waals surface area contributed by atoms with Gasteiger partial charge in [0.15, 0.2) is 0 Å². The van der Waals surface area contributed by atoms with Gasteiger partial charge in [-0.15, -0.1) is 0 Å². The van der Waals surface area contributed by atoms with E-state index in [0.717, 1.165) is 31.7 Å². The molecule has 20 heavy (non-hydrogen) atoms. The summed E-state index contributed by atoms with van der Waals surface area (Å²) < 4.78 is 40.7. The molecule has 0 amide bonds. The fraction of sp³-hybridized carbons (Fsp3) is 0.571. The van der Waals surface area contributed by atoms with Crippen molar-refractivity contribution < 1.29 is 12.8 Å². The summed E-state index contributed by atoms with van der Waals surface area (Å²) in [6.07, 6.45) is 5.57. The summed E-state index contributed by atoms with van der Waals surface area (Å²) in [5, 5.41) is 0. The standard InChI is InChI=1S/C14H19BrFNO2S/c1-14(7-3-2-4-8-14)10-17-20(18,19)11-5-6-12(15)13(16)9-11/h5-6,9,17H,2-4,7-8,10H2,1H3. The number of benzene rings is 1. The maximum absolute atomic E-state index is 13.4. The van der Waals surface area contributed by atoms with E-state index in [1.807, 2.05) is 0 Å². The van der Waals surface area contributed by atoms with Crippen molar-refractivity contribution in [3.05, 3.63) is 28.5 Å². The molecule has 1 aliphatic rings. The Labute approximate surface area is 128 Å². The van der Waals surface area contributed by atoms with Gasteiger partial charge in [0.25, 0.3) is 0 Å². The summed E-state index contributed by atoms with van der Waals surface area (Å²) in [7, 11) is -3.65. The van der Waals surface area contributed by atoms with Crippen molar-refractivity contribution >= 4 is 26.0 Å². The van der Waals surface area contributed by atoms with Gasteiger partial charge >= 0.3 is 0 Å². The van der Waals surface area contributed by atoms with Crippen LogP contribution < -0.4 is 4.72 Å². The number of hydrogen-bond donors (Lipinski definition) is 1. The molecule has 2 rings (SSSR count). The summed E-state index contributed by atoms with van der Waals surface area (Å²) in [6.45, 7) is 2.52. The van der Waals surface area contributed by atoms with E-state index in [9.17, 15) is 12.8 Å². The minimum atomic E-state index is -3.65. The fourth-order valence-electron chi connectivity index (χ4n) is 2.58. The topological polar surface area (TPSA) is 46.2 Å². The molecule has 0 spiro atoms. The van der Waals surface area contributed by atoms with Gasteiger partial charge in [0, 0.05) is 6.54 Å². The monoisotopic (exact) mass is 363 g/mol. The van der Waals surface area contributed by atoms with Crippen LogP contribution in [0.4, 0.5) is 4.39 Å². The van der Waals surface area contributed by atoms with Crippen LogP contribution in [-0.4, -0.2) is 15.0 Å². The third-order valence-electron chi connectivity index (χ3n) is 3.95. The molecule has 0 heterocycles. The van der Waals surface area contributed by atoms with Crippen LogP contribution in [0, 0.1) is 11.2 Å². The zero-order valence-electron chi connectivity index (χ0n) is 11.5. The van der Waals surface area contributed by atoms with Gasteiger partial charge in [-0.3, -0.25) is 0 Å². The molecule has 0 aliphatic heterocycles. The Balaban J connectivity index is 2.09. The average Bonchev–Trinajstić information content (AvgIpc) is 2.41. The van der Waals surface area contributed by atoms with Crippen molar-refractivity contribution in [1.82, 2.24) is 4.72 Å². The van der Waals surface area contributed by atoms with Gasteiger partial charge in [-0.1, -0.05) is 26.2 Å². The number of nitrogens with one attached hydrogen (secondary N) is 1. The van der Waals surface area contributed by atoms with Crippen LogP contribution in [0.2, 0.25) is 0 Å². The molecule has 112 valence electrons. The molecule has 0 aromatic heterocycles. The number of sulfonamides is 1. The van der Waals surface area contributed by atoms with Crippen LogP contribution >= 0.6 is 15.9 Å². The minimum absolute atomic E-state index is 0.0131. The molecular weight excluding hydrogens is 345 g/mol. The second-order valence-corrected chi connectivity index (χ2v) is 8.39.